The highest BCUT2D eigenvalue weighted by Gasteiger charge is 2.08. The van der Waals surface area contributed by atoms with Crippen molar-refractivity contribution in [1.82, 2.24) is 4.90 Å². The number of hydrogen-bond acceptors (Lipinski definition) is 2. The second-order valence-electron chi connectivity index (χ2n) is 4.04. The summed E-state index contributed by atoms with van der Waals surface area (Å²) in [6, 6.07) is 0. The Bertz CT molecular complexity index is 111. The van der Waals surface area contributed by atoms with Crippen molar-refractivity contribution < 1.29 is 0 Å². The van der Waals surface area contributed by atoms with Gasteiger partial charge in [-0.15, -0.1) is 0 Å². The smallest absolute Gasteiger partial charge is 0.00187 e. The first-order chi connectivity index (χ1) is 6.43. The Morgan fingerprint density at radius 1 is 0.846 bits per heavy atom. The summed E-state index contributed by atoms with van der Waals surface area (Å²) in [6.45, 7) is 4.05. The van der Waals surface area contributed by atoms with E-state index in [1.165, 1.54) is 64.6 Å². The zero-order valence-corrected chi connectivity index (χ0v) is 9.57. The van der Waals surface area contributed by atoms with Crippen LogP contribution in [0.2, 0.25) is 0 Å². The molecule has 13 heavy (non-hydrogen) atoms. The van der Waals surface area contributed by atoms with Crippen LogP contribution in [0.4, 0.5) is 0 Å². The number of nitrogens with zero attached hydrogens (tertiary/aromatic N) is 1. The van der Waals surface area contributed by atoms with Gasteiger partial charge in [-0.25, -0.2) is 0 Å². The van der Waals surface area contributed by atoms with Crippen molar-refractivity contribution in [3.05, 3.63) is 0 Å². The van der Waals surface area contributed by atoms with E-state index in [1.807, 2.05) is 0 Å². The van der Waals surface area contributed by atoms with Gasteiger partial charge in [-0.2, -0.15) is 12.6 Å². The van der Waals surface area contributed by atoms with Crippen molar-refractivity contribution in [2.45, 2.75) is 44.9 Å². The Morgan fingerprint density at radius 3 is 2.23 bits per heavy atom. The quantitative estimate of drug-likeness (QED) is 0.511. The Labute approximate surface area is 88.3 Å². The van der Waals surface area contributed by atoms with Crippen molar-refractivity contribution in [3.63, 3.8) is 0 Å². The minimum atomic E-state index is 1.06. The average Bonchev–Trinajstić information content (AvgIpc) is 2.19. The fourth-order valence-corrected chi connectivity index (χ4v) is 2.21. The van der Waals surface area contributed by atoms with E-state index < -0.39 is 0 Å². The Balaban J connectivity index is 1.86. The van der Waals surface area contributed by atoms with Crippen LogP contribution in [-0.4, -0.2) is 30.3 Å². The SMILES string of the molecule is SCCCCCCN1CCCCC1. The number of likely N-dealkylation sites (tertiary alicyclic amines) is 1. The molecule has 0 aromatic rings. The zero-order chi connectivity index (χ0) is 9.36. The maximum absolute atomic E-state index is 4.21. The normalized spacial score (nSPS) is 19.2. The zero-order valence-electron chi connectivity index (χ0n) is 8.67. The minimum absolute atomic E-state index is 1.06. The molecule has 1 aliphatic rings. The predicted octanol–water partition coefficient (Wildman–Crippen LogP) is 2.96. The van der Waals surface area contributed by atoms with Crippen molar-refractivity contribution in [2.75, 3.05) is 25.4 Å². The molecule has 0 unspecified atom stereocenters. The van der Waals surface area contributed by atoms with Crippen LogP contribution in [0.3, 0.4) is 0 Å². The van der Waals surface area contributed by atoms with Crippen LogP contribution in [0, 0.1) is 0 Å². The van der Waals surface area contributed by atoms with Crippen molar-refractivity contribution in [2.24, 2.45) is 0 Å². The molecule has 0 radical (unpaired) electrons. The molecular weight excluding hydrogens is 178 g/mol. The number of piperidine rings is 1. The second kappa shape index (κ2) is 7.69. The van der Waals surface area contributed by atoms with Crippen LogP contribution in [0.5, 0.6) is 0 Å². The van der Waals surface area contributed by atoms with Gasteiger partial charge in [0.15, 0.2) is 0 Å². The number of thiol groups is 1. The molecule has 1 heterocycles. The maximum atomic E-state index is 4.21. The summed E-state index contributed by atoms with van der Waals surface area (Å²) in [7, 11) is 0. The fourth-order valence-electron chi connectivity index (χ4n) is 1.98. The Morgan fingerprint density at radius 2 is 1.54 bits per heavy atom. The van der Waals surface area contributed by atoms with Crippen molar-refractivity contribution in [1.29, 1.82) is 0 Å². The first-order valence-corrected chi connectivity index (χ1v) is 6.40. The molecule has 1 fully saturated rings. The van der Waals surface area contributed by atoms with E-state index in [-0.39, 0.29) is 0 Å². The highest BCUT2D eigenvalue weighted by molar-refractivity contribution is 7.80. The Hall–Kier alpha value is 0.310. The van der Waals surface area contributed by atoms with E-state index in [9.17, 15) is 0 Å². The highest BCUT2D eigenvalue weighted by Crippen LogP contribution is 2.10. The van der Waals surface area contributed by atoms with Crippen molar-refractivity contribution in [3.8, 4) is 0 Å². The van der Waals surface area contributed by atoms with Crippen LogP contribution in [0.15, 0.2) is 0 Å². The summed E-state index contributed by atoms with van der Waals surface area (Å²) in [4.78, 5) is 2.63. The number of rotatable bonds is 6. The highest BCUT2D eigenvalue weighted by atomic mass is 32.1. The minimum Gasteiger partial charge on any atom is -0.303 e. The molecule has 0 N–H and O–H groups in total. The molecule has 0 bridgehead atoms. The van der Waals surface area contributed by atoms with E-state index in [0.29, 0.717) is 0 Å². The molecule has 1 aliphatic heterocycles. The second-order valence-corrected chi connectivity index (χ2v) is 4.49. The summed E-state index contributed by atoms with van der Waals surface area (Å²) in [5.41, 5.74) is 0. The van der Waals surface area contributed by atoms with E-state index in [2.05, 4.69) is 17.5 Å². The van der Waals surface area contributed by atoms with Gasteiger partial charge < -0.3 is 4.90 Å². The van der Waals surface area contributed by atoms with Gasteiger partial charge >= 0.3 is 0 Å². The molecule has 0 aromatic carbocycles. The lowest BCUT2D eigenvalue weighted by molar-refractivity contribution is 0.224. The first kappa shape index (κ1) is 11.4. The number of hydrogen-bond donors (Lipinski definition) is 1. The third-order valence-electron chi connectivity index (χ3n) is 2.83. The maximum Gasteiger partial charge on any atom is -0.00187 e. The standard InChI is InChI=1S/C11H23NS/c13-11-7-2-1-4-8-12-9-5-3-6-10-12/h13H,1-11H2. The molecule has 1 nitrogen and oxygen atoms in total. The van der Waals surface area contributed by atoms with Crippen LogP contribution >= 0.6 is 12.6 Å². The molecule has 1 rings (SSSR count). The van der Waals surface area contributed by atoms with Crippen LogP contribution in [0.25, 0.3) is 0 Å². The molecule has 0 atom stereocenters. The molecule has 1 saturated heterocycles. The molecule has 0 amide bonds. The molecular formula is C11H23NS. The van der Waals surface area contributed by atoms with E-state index in [0.717, 1.165) is 5.75 Å². The molecule has 0 saturated carbocycles. The van der Waals surface area contributed by atoms with Crippen LogP contribution < -0.4 is 0 Å². The van der Waals surface area contributed by atoms with E-state index in [4.69, 9.17) is 0 Å². The van der Waals surface area contributed by atoms with Gasteiger partial charge in [0.05, 0.1) is 0 Å². The lowest BCUT2D eigenvalue weighted by atomic mass is 10.1. The van der Waals surface area contributed by atoms with Crippen molar-refractivity contribution >= 4 is 12.6 Å². The lowest BCUT2D eigenvalue weighted by Crippen LogP contribution is -2.30. The van der Waals surface area contributed by atoms with Crippen LogP contribution in [0.1, 0.15) is 44.9 Å². The molecule has 0 aromatic heterocycles. The summed E-state index contributed by atoms with van der Waals surface area (Å²) >= 11 is 4.21. The van der Waals surface area contributed by atoms with Gasteiger partial charge in [-0.05, 0) is 51.1 Å². The van der Waals surface area contributed by atoms with Gasteiger partial charge in [0.2, 0.25) is 0 Å². The van der Waals surface area contributed by atoms with Gasteiger partial charge in [0, 0.05) is 0 Å². The number of unbranched alkanes of at least 4 members (excludes halogenated alkanes) is 3. The average molecular weight is 201 g/mol. The molecule has 78 valence electrons. The van der Waals surface area contributed by atoms with Gasteiger partial charge in [0.1, 0.15) is 0 Å². The predicted molar refractivity (Wildman–Crippen MR) is 62.6 cm³/mol. The molecule has 2 heteroatoms. The van der Waals surface area contributed by atoms with E-state index >= 15 is 0 Å². The van der Waals surface area contributed by atoms with Gasteiger partial charge in [0.25, 0.3) is 0 Å². The molecule has 0 aliphatic carbocycles. The molecule has 0 spiro atoms. The fraction of sp³-hybridized carbons (Fsp3) is 1.00. The van der Waals surface area contributed by atoms with E-state index in [1.54, 1.807) is 0 Å². The van der Waals surface area contributed by atoms with Crippen LogP contribution in [-0.2, 0) is 0 Å². The summed E-state index contributed by atoms with van der Waals surface area (Å²) in [5, 5.41) is 0. The van der Waals surface area contributed by atoms with Gasteiger partial charge in [-0.3, -0.25) is 0 Å². The lowest BCUT2D eigenvalue weighted by Gasteiger charge is -2.26. The monoisotopic (exact) mass is 201 g/mol. The first-order valence-electron chi connectivity index (χ1n) is 5.76. The Kier molecular flexibility index (Phi) is 6.73. The third kappa shape index (κ3) is 5.58. The topological polar surface area (TPSA) is 3.24 Å². The summed E-state index contributed by atoms with van der Waals surface area (Å²) < 4.78 is 0. The third-order valence-corrected chi connectivity index (χ3v) is 3.15. The summed E-state index contributed by atoms with van der Waals surface area (Å²) in [6.07, 6.45) is 9.77. The summed E-state index contributed by atoms with van der Waals surface area (Å²) in [5.74, 6) is 1.06. The van der Waals surface area contributed by atoms with Gasteiger partial charge in [-0.1, -0.05) is 19.3 Å². The largest absolute Gasteiger partial charge is 0.303 e.